The lowest BCUT2D eigenvalue weighted by Crippen LogP contribution is -2.71. The third-order valence-electron chi connectivity index (χ3n) is 5.26. The molecule has 2 aromatic heterocycles. The van der Waals surface area contributed by atoms with E-state index in [4.69, 9.17) is 4.42 Å². The van der Waals surface area contributed by atoms with Crippen molar-refractivity contribution in [3.63, 3.8) is 0 Å². The average Bonchev–Trinajstić information content (AvgIpc) is 3.16. The van der Waals surface area contributed by atoms with Gasteiger partial charge in [-0.15, -0.1) is 0 Å². The van der Waals surface area contributed by atoms with E-state index in [9.17, 15) is 0 Å². The van der Waals surface area contributed by atoms with Gasteiger partial charge in [0, 0.05) is 55.6 Å². The number of piperidine rings is 1. The maximum Gasteiger partial charge on any atom is 0.180 e. The minimum atomic E-state index is 0.511. The van der Waals surface area contributed by atoms with Crippen molar-refractivity contribution >= 4 is 0 Å². The molecule has 3 aromatic rings. The number of fused-ring (bicyclic) bond motifs is 2. The van der Waals surface area contributed by atoms with Crippen molar-refractivity contribution in [1.82, 2.24) is 25.2 Å². The van der Waals surface area contributed by atoms with Crippen molar-refractivity contribution < 1.29 is 4.42 Å². The fourth-order valence-corrected chi connectivity index (χ4v) is 4.09. The van der Waals surface area contributed by atoms with E-state index in [-0.39, 0.29) is 0 Å². The van der Waals surface area contributed by atoms with Gasteiger partial charge in [0.25, 0.3) is 0 Å². The predicted molar refractivity (Wildman–Crippen MR) is 92.7 cm³/mol. The second kappa shape index (κ2) is 6.06. The Labute approximate surface area is 145 Å². The zero-order valence-electron chi connectivity index (χ0n) is 13.7. The van der Waals surface area contributed by atoms with Crippen LogP contribution in [0.3, 0.4) is 0 Å². The van der Waals surface area contributed by atoms with Crippen LogP contribution in [0.25, 0.3) is 11.1 Å². The van der Waals surface area contributed by atoms with Crippen LogP contribution in [0, 0.1) is 0 Å². The highest BCUT2D eigenvalue weighted by Gasteiger charge is 2.46. The summed E-state index contributed by atoms with van der Waals surface area (Å²) in [6, 6.07) is 9.88. The second-order valence-corrected chi connectivity index (χ2v) is 6.83. The molecule has 0 spiro atoms. The number of aromatic nitrogens is 3. The Bertz CT molecular complexity index is 822. The number of piperazine rings is 1. The van der Waals surface area contributed by atoms with Gasteiger partial charge in [0.15, 0.2) is 6.39 Å². The summed E-state index contributed by atoms with van der Waals surface area (Å²) in [6.45, 7) is 2.95. The smallest absolute Gasteiger partial charge is 0.180 e. The van der Waals surface area contributed by atoms with Crippen molar-refractivity contribution in [3.8, 4) is 11.1 Å². The van der Waals surface area contributed by atoms with Crippen LogP contribution in [0.2, 0.25) is 0 Å². The first kappa shape index (κ1) is 14.7. The standard InChI is InChI=1S/C19H19N5O/c1-3-14(4-2-13(1)15-5-20-11-21-6-15)19-17-8-24(9-18(19)23-17)7-16-10-25-12-22-16/h1-6,10-12,17-19,23H,7-9H2/t17-,18+,19?. The summed E-state index contributed by atoms with van der Waals surface area (Å²) < 4.78 is 5.07. The van der Waals surface area contributed by atoms with Crippen molar-refractivity contribution in [2.75, 3.05) is 13.1 Å². The van der Waals surface area contributed by atoms with E-state index in [1.807, 2.05) is 12.4 Å². The van der Waals surface area contributed by atoms with Gasteiger partial charge < -0.3 is 9.73 Å². The fourth-order valence-electron chi connectivity index (χ4n) is 4.09. The van der Waals surface area contributed by atoms with Crippen LogP contribution < -0.4 is 5.32 Å². The van der Waals surface area contributed by atoms with Gasteiger partial charge in [0.05, 0.1) is 5.69 Å². The summed E-state index contributed by atoms with van der Waals surface area (Å²) in [7, 11) is 0. The average molecular weight is 333 g/mol. The maximum absolute atomic E-state index is 5.07. The highest BCUT2D eigenvalue weighted by molar-refractivity contribution is 5.61. The molecule has 6 nitrogen and oxygen atoms in total. The Morgan fingerprint density at radius 2 is 1.80 bits per heavy atom. The van der Waals surface area contributed by atoms with Gasteiger partial charge >= 0.3 is 0 Å². The Morgan fingerprint density at radius 1 is 1.04 bits per heavy atom. The first-order valence-electron chi connectivity index (χ1n) is 8.57. The monoisotopic (exact) mass is 333 g/mol. The van der Waals surface area contributed by atoms with E-state index in [1.54, 1.807) is 12.6 Å². The van der Waals surface area contributed by atoms with Gasteiger partial charge in [-0.2, -0.15) is 0 Å². The number of benzene rings is 1. The van der Waals surface area contributed by atoms with Crippen molar-refractivity contribution in [2.45, 2.75) is 24.5 Å². The molecule has 5 heterocycles. The zero-order chi connectivity index (χ0) is 16.6. The molecule has 3 saturated heterocycles. The van der Waals surface area contributed by atoms with Crippen LogP contribution in [0.5, 0.6) is 0 Å². The van der Waals surface area contributed by atoms with Gasteiger partial charge in [-0.05, 0) is 11.1 Å². The number of oxazole rings is 1. The van der Waals surface area contributed by atoms with E-state index >= 15 is 0 Å². The number of hydrogen-bond donors (Lipinski definition) is 1. The molecule has 3 aliphatic heterocycles. The Hall–Kier alpha value is -2.57. The van der Waals surface area contributed by atoms with E-state index < -0.39 is 0 Å². The molecule has 126 valence electrons. The lowest BCUT2D eigenvalue weighted by atomic mass is 9.74. The SMILES string of the molecule is c1ncc(-c2ccc(C3[C@@H]4CN(Cc5cocn5)C[C@H]3N4)cc2)cn1. The Morgan fingerprint density at radius 3 is 2.48 bits per heavy atom. The molecule has 0 saturated carbocycles. The normalized spacial score (nSPS) is 25.5. The first-order valence-corrected chi connectivity index (χ1v) is 8.57. The number of nitrogens with one attached hydrogen (secondary N) is 1. The minimum absolute atomic E-state index is 0.511. The second-order valence-electron chi connectivity index (χ2n) is 6.83. The summed E-state index contributed by atoms with van der Waals surface area (Å²) in [6.07, 6.45) is 8.49. The summed E-state index contributed by atoms with van der Waals surface area (Å²) in [5, 5.41) is 3.68. The summed E-state index contributed by atoms with van der Waals surface area (Å²) in [5.41, 5.74) is 4.64. The summed E-state index contributed by atoms with van der Waals surface area (Å²) in [4.78, 5) is 14.9. The lowest BCUT2D eigenvalue weighted by molar-refractivity contribution is 0.0463. The number of rotatable bonds is 4. The molecule has 3 fully saturated rings. The molecule has 0 radical (unpaired) electrons. The lowest BCUT2D eigenvalue weighted by Gasteiger charge is -2.54. The molecular weight excluding hydrogens is 314 g/mol. The van der Waals surface area contributed by atoms with Gasteiger partial charge in [-0.3, -0.25) is 4.90 Å². The minimum Gasteiger partial charge on any atom is -0.451 e. The third kappa shape index (κ3) is 2.73. The van der Waals surface area contributed by atoms with Crippen LogP contribution in [0.15, 0.2) is 60.1 Å². The van der Waals surface area contributed by atoms with E-state index in [2.05, 4.69) is 49.4 Å². The van der Waals surface area contributed by atoms with Gasteiger partial charge in [0.2, 0.25) is 0 Å². The molecule has 0 aliphatic carbocycles. The van der Waals surface area contributed by atoms with Gasteiger partial charge in [0.1, 0.15) is 12.6 Å². The molecule has 3 aliphatic rings. The first-order chi connectivity index (χ1) is 12.4. The molecule has 6 rings (SSSR count). The largest absolute Gasteiger partial charge is 0.451 e. The van der Waals surface area contributed by atoms with E-state index in [0.29, 0.717) is 18.0 Å². The number of nitrogens with zero attached hydrogens (tertiary/aromatic N) is 4. The topological polar surface area (TPSA) is 67.1 Å². The van der Waals surface area contributed by atoms with Crippen LogP contribution in [0.1, 0.15) is 17.2 Å². The Kier molecular flexibility index (Phi) is 3.57. The van der Waals surface area contributed by atoms with Crippen molar-refractivity contribution in [2.24, 2.45) is 0 Å². The Balaban J connectivity index is 1.28. The quantitative estimate of drug-likeness (QED) is 0.788. The molecule has 1 N–H and O–H groups in total. The van der Waals surface area contributed by atoms with Crippen LogP contribution in [-0.2, 0) is 6.54 Å². The molecule has 1 unspecified atom stereocenters. The van der Waals surface area contributed by atoms with Crippen molar-refractivity contribution in [1.29, 1.82) is 0 Å². The highest BCUT2D eigenvalue weighted by Crippen LogP contribution is 2.37. The fraction of sp³-hybridized carbons (Fsp3) is 0.316. The van der Waals surface area contributed by atoms with E-state index in [0.717, 1.165) is 36.5 Å². The van der Waals surface area contributed by atoms with E-state index in [1.165, 1.54) is 12.0 Å². The van der Waals surface area contributed by atoms with Gasteiger partial charge in [-0.1, -0.05) is 24.3 Å². The molecular formula is C19H19N5O. The van der Waals surface area contributed by atoms with Crippen LogP contribution in [-0.4, -0.2) is 45.0 Å². The molecule has 6 heteroatoms. The number of hydrogen-bond acceptors (Lipinski definition) is 6. The molecule has 3 atom stereocenters. The van der Waals surface area contributed by atoms with Crippen molar-refractivity contribution in [3.05, 3.63) is 66.9 Å². The van der Waals surface area contributed by atoms with Gasteiger partial charge in [-0.25, -0.2) is 15.0 Å². The molecule has 25 heavy (non-hydrogen) atoms. The summed E-state index contributed by atoms with van der Waals surface area (Å²) >= 11 is 0. The van der Waals surface area contributed by atoms with Crippen LogP contribution >= 0.6 is 0 Å². The summed E-state index contributed by atoms with van der Waals surface area (Å²) in [5.74, 6) is 0.592. The molecule has 0 amide bonds. The maximum atomic E-state index is 5.07. The highest BCUT2D eigenvalue weighted by atomic mass is 16.3. The zero-order valence-corrected chi connectivity index (χ0v) is 13.7. The third-order valence-corrected chi connectivity index (χ3v) is 5.26. The van der Waals surface area contributed by atoms with Crippen LogP contribution in [0.4, 0.5) is 0 Å². The molecule has 1 aromatic carbocycles. The molecule has 2 bridgehead atoms. The predicted octanol–water partition coefficient (Wildman–Crippen LogP) is 2.07.